The fourth-order valence-corrected chi connectivity index (χ4v) is 3.66. The van der Waals surface area contributed by atoms with Gasteiger partial charge in [0.1, 0.15) is 0 Å². The third kappa shape index (κ3) is 3.47. The predicted molar refractivity (Wildman–Crippen MR) is 91.5 cm³/mol. The van der Waals surface area contributed by atoms with Gasteiger partial charge in [0.15, 0.2) is 0 Å². The van der Waals surface area contributed by atoms with Crippen molar-refractivity contribution in [2.24, 2.45) is 5.92 Å². The Balaban J connectivity index is 1.65. The van der Waals surface area contributed by atoms with Gasteiger partial charge in [-0.3, -0.25) is 0 Å². The molecule has 0 bridgehead atoms. The average molecular weight is 281 g/mol. The monoisotopic (exact) mass is 281 g/mol. The zero-order valence-corrected chi connectivity index (χ0v) is 13.3. The van der Waals surface area contributed by atoms with Crippen molar-refractivity contribution >= 4 is 10.8 Å². The molecule has 112 valence electrons. The molecule has 2 aromatic rings. The molecule has 3 rings (SSSR count). The molecule has 1 fully saturated rings. The van der Waals surface area contributed by atoms with E-state index in [4.69, 9.17) is 0 Å². The molecular weight excluding hydrogens is 254 g/mol. The molecule has 21 heavy (non-hydrogen) atoms. The molecule has 0 aromatic heterocycles. The van der Waals surface area contributed by atoms with Crippen LogP contribution in [0.15, 0.2) is 42.5 Å². The van der Waals surface area contributed by atoms with Gasteiger partial charge in [-0.2, -0.15) is 0 Å². The second-order valence-corrected chi connectivity index (χ2v) is 6.62. The number of rotatable bonds is 4. The number of benzene rings is 2. The Labute approximate surface area is 128 Å². The summed E-state index contributed by atoms with van der Waals surface area (Å²) in [4.78, 5) is 0. The van der Waals surface area contributed by atoms with Gasteiger partial charge < -0.3 is 5.32 Å². The summed E-state index contributed by atoms with van der Waals surface area (Å²) in [7, 11) is 0. The lowest BCUT2D eigenvalue weighted by molar-refractivity contribution is 0.273. The van der Waals surface area contributed by atoms with Crippen LogP contribution in [0, 0.1) is 5.92 Å². The maximum absolute atomic E-state index is 3.84. The van der Waals surface area contributed by atoms with Crippen molar-refractivity contribution in [1.29, 1.82) is 0 Å². The van der Waals surface area contributed by atoms with Crippen LogP contribution >= 0.6 is 0 Å². The summed E-state index contributed by atoms with van der Waals surface area (Å²) in [6.45, 7) is 4.63. The lowest BCUT2D eigenvalue weighted by Gasteiger charge is -2.31. The predicted octanol–water partition coefficient (Wildman–Crippen LogP) is 5.46. The van der Waals surface area contributed by atoms with E-state index in [1.807, 2.05) is 0 Å². The first-order chi connectivity index (χ1) is 10.3. The second kappa shape index (κ2) is 6.62. The molecule has 1 atom stereocenters. The van der Waals surface area contributed by atoms with Crippen LogP contribution < -0.4 is 5.32 Å². The summed E-state index contributed by atoms with van der Waals surface area (Å²) in [5.74, 6) is 0.971. The number of hydrogen-bond acceptors (Lipinski definition) is 1. The van der Waals surface area contributed by atoms with E-state index in [2.05, 4.69) is 61.6 Å². The molecular formula is C20H27N. The third-order valence-electron chi connectivity index (χ3n) is 5.18. The van der Waals surface area contributed by atoms with Crippen LogP contribution in [0.4, 0.5) is 0 Å². The smallest absolute Gasteiger partial charge is 0.0294 e. The van der Waals surface area contributed by atoms with Gasteiger partial charge in [-0.25, -0.2) is 0 Å². The molecule has 0 aliphatic heterocycles. The van der Waals surface area contributed by atoms with E-state index in [1.54, 1.807) is 0 Å². The van der Waals surface area contributed by atoms with Crippen LogP contribution in [0.25, 0.3) is 10.8 Å². The van der Waals surface area contributed by atoms with Gasteiger partial charge in [0.05, 0.1) is 0 Å². The van der Waals surface area contributed by atoms with E-state index in [-0.39, 0.29) is 0 Å². The van der Waals surface area contributed by atoms with Crippen LogP contribution in [0.2, 0.25) is 0 Å². The highest BCUT2D eigenvalue weighted by atomic mass is 14.9. The Morgan fingerprint density at radius 2 is 1.71 bits per heavy atom. The normalized spacial score (nSPS) is 24.1. The Morgan fingerprint density at radius 3 is 2.43 bits per heavy atom. The summed E-state index contributed by atoms with van der Waals surface area (Å²) >= 11 is 0. The van der Waals surface area contributed by atoms with E-state index in [0.29, 0.717) is 12.1 Å². The van der Waals surface area contributed by atoms with Gasteiger partial charge in [-0.15, -0.1) is 0 Å². The van der Waals surface area contributed by atoms with E-state index in [9.17, 15) is 0 Å². The van der Waals surface area contributed by atoms with Crippen molar-refractivity contribution in [3.05, 3.63) is 48.0 Å². The summed E-state index contributed by atoms with van der Waals surface area (Å²) in [6.07, 6.45) is 6.84. The summed E-state index contributed by atoms with van der Waals surface area (Å²) in [5, 5.41) is 6.52. The molecule has 2 aromatic carbocycles. The molecule has 1 aliphatic carbocycles. The van der Waals surface area contributed by atoms with Crippen LogP contribution in [0.5, 0.6) is 0 Å². The van der Waals surface area contributed by atoms with Gasteiger partial charge in [0.25, 0.3) is 0 Å². The van der Waals surface area contributed by atoms with E-state index in [0.717, 1.165) is 5.92 Å². The first-order valence-electron chi connectivity index (χ1n) is 8.51. The van der Waals surface area contributed by atoms with Gasteiger partial charge in [0.2, 0.25) is 0 Å². The Hall–Kier alpha value is -1.34. The third-order valence-corrected chi connectivity index (χ3v) is 5.18. The number of nitrogens with one attached hydrogen (secondary N) is 1. The lowest BCUT2D eigenvalue weighted by atomic mass is 9.84. The van der Waals surface area contributed by atoms with Crippen LogP contribution in [0.1, 0.15) is 57.6 Å². The largest absolute Gasteiger partial charge is 0.307 e. The molecule has 1 heteroatoms. The second-order valence-electron chi connectivity index (χ2n) is 6.62. The number of hydrogen-bond donors (Lipinski definition) is 1. The number of fused-ring (bicyclic) bond motifs is 1. The SMILES string of the molecule is CCC1CCC(NC(C)c2ccc3ccccc3c2)CC1. The molecule has 1 aliphatic rings. The van der Waals surface area contributed by atoms with Crippen molar-refractivity contribution in [2.75, 3.05) is 0 Å². The minimum absolute atomic E-state index is 0.442. The highest BCUT2D eigenvalue weighted by Gasteiger charge is 2.21. The van der Waals surface area contributed by atoms with Crippen molar-refractivity contribution in [3.63, 3.8) is 0 Å². The Kier molecular flexibility index (Phi) is 4.60. The van der Waals surface area contributed by atoms with E-state index in [1.165, 1.54) is 48.4 Å². The maximum Gasteiger partial charge on any atom is 0.0294 e. The molecule has 0 spiro atoms. The van der Waals surface area contributed by atoms with Gasteiger partial charge in [0, 0.05) is 12.1 Å². The minimum atomic E-state index is 0.442. The van der Waals surface area contributed by atoms with Gasteiger partial charge in [-0.05, 0) is 60.9 Å². The topological polar surface area (TPSA) is 12.0 Å². The first-order valence-corrected chi connectivity index (χ1v) is 8.51. The molecule has 1 nitrogen and oxygen atoms in total. The van der Waals surface area contributed by atoms with Crippen molar-refractivity contribution in [3.8, 4) is 0 Å². The van der Waals surface area contributed by atoms with E-state index >= 15 is 0 Å². The molecule has 0 saturated heterocycles. The molecule has 0 amide bonds. The maximum atomic E-state index is 3.84. The molecule has 1 unspecified atom stereocenters. The van der Waals surface area contributed by atoms with Crippen molar-refractivity contribution < 1.29 is 0 Å². The zero-order valence-electron chi connectivity index (χ0n) is 13.3. The molecule has 0 radical (unpaired) electrons. The lowest BCUT2D eigenvalue weighted by Crippen LogP contribution is -2.34. The van der Waals surface area contributed by atoms with Crippen LogP contribution in [0.3, 0.4) is 0 Å². The van der Waals surface area contributed by atoms with Crippen molar-refractivity contribution in [2.45, 2.75) is 58.0 Å². The average Bonchev–Trinajstić information content (AvgIpc) is 2.55. The molecule has 1 saturated carbocycles. The fraction of sp³-hybridized carbons (Fsp3) is 0.500. The van der Waals surface area contributed by atoms with Crippen LogP contribution in [-0.4, -0.2) is 6.04 Å². The fourth-order valence-electron chi connectivity index (χ4n) is 3.66. The summed E-state index contributed by atoms with van der Waals surface area (Å²) < 4.78 is 0. The molecule has 1 N–H and O–H groups in total. The standard InChI is InChI=1S/C20H27N/c1-3-16-8-12-20(13-9-16)21-15(2)18-11-10-17-6-4-5-7-19(17)14-18/h4-7,10-11,14-16,20-21H,3,8-9,12-13H2,1-2H3. The van der Waals surface area contributed by atoms with E-state index < -0.39 is 0 Å². The summed E-state index contributed by atoms with van der Waals surface area (Å²) in [5.41, 5.74) is 1.41. The highest BCUT2D eigenvalue weighted by molar-refractivity contribution is 5.83. The van der Waals surface area contributed by atoms with Gasteiger partial charge in [-0.1, -0.05) is 49.7 Å². The quantitative estimate of drug-likeness (QED) is 0.784. The first kappa shape index (κ1) is 14.6. The Morgan fingerprint density at radius 1 is 1.00 bits per heavy atom. The summed E-state index contributed by atoms with van der Waals surface area (Å²) in [6, 6.07) is 16.6. The van der Waals surface area contributed by atoms with Gasteiger partial charge >= 0.3 is 0 Å². The molecule has 0 heterocycles. The van der Waals surface area contributed by atoms with Crippen molar-refractivity contribution in [1.82, 2.24) is 5.32 Å². The minimum Gasteiger partial charge on any atom is -0.307 e. The highest BCUT2D eigenvalue weighted by Crippen LogP contribution is 2.28. The Bertz CT molecular complexity index is 581. The zero-order chi connectivity index (χ0) is 14.7. The van der Waals surface area contributed by atoms with Crippen LogP contribution in [-0.2, 0) is 0 Å².